The van der Waals surface area contributed by atoms with Crippen LogP contribution in [0.2, 0.25) is 0 Å². The normalized spacial score (nSPS) is 13.9. The van der Waals surface area contributed by atoms with Crippen LogP contribution in [0.5, 0.6) is 0 Å². The molecule has 2 N–H and O–H groups in total. The Morgan fingerprint density at radius 1 is 1.00 bits per heavy atom. The maximum atomic E-state index is 12.8. The van der Waals surface area contributed by atoms with Crippen molar-refractivity contribution in [3.05, 3.63) is 100 Å². The van der Waals surface area contributed by atoms with Crippen molar-refractivity contribution in [2.24, 2.45) is 0 Å². The van der Waals surface area contributed by atoms with Gasteiger partial charge in [0, 0.05) is 16.6 Å². The third-order valence-corrected chi connectivity index (χ3v) is 6.79. The van der Waals surface area contributed by atoms with Crippen LogP contribution in [-0.2, 0) is 12.8 Å². The number of nitrogens with one attached hydrogen (secondary N) is 2. The number of hydrogen-bond donors (Lipinski definition) is 2. The molecule has 6 heteroatoms. The van der Waals surface area contributed by atoms with Gasteiger partial charge in [0.1, 0.15) is 10.8 Å². The first kappa shape index (κ1) is 19.6. The lowest BCUT2D eigenvalue weighted by Gasteiger charge is -2.24. The number of amides is 1. The van der Waals surface area contributed by atoms with Gasteiger partial charge in [0.15, 0.2) is 5.76 Å². The van der Waals surface area contributed by atoms with Gasteiger partial charge in [0.25, 0.3) is 5.91 Å². The van der Waals surface area contributed by atoms with Crippen LogP contribution in [0.1, 0.15) is 51.0 Å². The number of pyridine rings is 1. The van der Waals surface area contributed by atoms with Crippen molar-refractivity contribution in [2.75, 3.05) is 10.6 Å². The van der Waals surface area contributed by atoms with Crippen molar-refractivity contribution in [1.29, 1.82) is 0 Å². The molecule has 1 amide bonds. The maximum Gasteiger partial charge on any atom is 0.291 e. The lowest BCUT2D eigenvalue weighted by Crippen LogP contribution is -2.18. The summed E-state index contributed by atoms with van der Waals surface area (Å²) in [7, 11) is 0. The summed E-state index contributed by atoms with van der Waals surface area (Å²) in [6.45, 7) is 0. The first-order valence-electron chi connectivity index (χ1n) is 10.5. The molecular formula is C25H23N3O2S. The summed E-state index contributed by atoms with van der Waals surface area (Å²) in [5, 5.41) is 7.63. The second-order valence-corrected chi connectivity index (χ2v) is 8.69. The van der Waals surface area contributed by atoms with Gasteiger partial charge in [-0.15, -0.1) is 11.3 Å². The van der Waals surface area contributed by atoms with Gasteiger partial charge in [0.05, 0.1) is 12.3 Å². The van der Waals surface area contributed by atoms with Crippen LogP contribution in [0, 0.1) is 0 Å². The van der Waals surface area contributed by atoms with E-state index in [1.54, 1.807) is 29.7 Å². The highest BCUT2D eigenvalue weighted by molar-refractivity contribution is 7.16. The fourth-order valence-corrected chi connectivity index (χ4v) is 5.45. The molecule has 4 aromatic rings. The van der Waals surface area contributed by atoms with Crippen LogP contribution in [0.3, 0.4) is 0 Å². The molecular weight excluding hydrogens is 406 g/mol. The van der Waals surface area contributed by atoms with Gasteiger partial charge in [-0.05, 0) is 61.1 Å². The molecule has 0 saturated carbocycles. The van der Waals surface area contributed by atoms with Gasteiger partial charge in [-0.1, -0.05) is 36.4 Å². The van der Waals surface area contributed by atoms with Crippen molar-refractivity contribution >= 4 is 28.1 Å². The molecule has 0 aliphatic heterocycles. The molecule has 1 aliphatic rings. The Balaban J connectivity index is 1.60. The summed E-state index contributed by atoms with van der Waals surface area (Å²) in [5.74, 6) is 0.885. The first-order valence-corrected chi connectivity index (χ1v) is 11.3. The number of aromatic nitrogens is 1. The molecule has 5 rings (SSSR count). The lowest BCUT2D eigenvalue weighted by atomic mass is 9.89. The van der Waals surface area contributed by atoms with Crippen LogP contribution < -0.4 is 10.6 Å². The molecule has 0 saturated heterocycles. The number of furan rings is 1. The monoisotopic (exact) mass is 429 g/mol. The average Bonchev–Trinajstić information content (AvgIpc) is 3.47. The molecule has 1 aliphatic carbocycles. The van der Waals surface area contributed by atoms with Crippen molar-refractivity contribution in [1.82, 2.24) is 4.98 Å². The Morgan fingerprint density at radius 2 is 1.84 bits per heavy atom. The zero-order valence-corrected chi connectivity index (χ0v) is 17.8. The molecule has 0 bridgehead atoms. The summed E-state index contributed by atoms with van der Waals surface area (Å²) in [4.78, 5) is 18.7. The van der Waals surface area contributed by atoms with Crippen LogP contribution >= 0.6 is 11.3 Å². The number of thiophene rings is 1. The van der Waals surface area contributed by atoms with E-state index in [4.69, 9.17) is 4.42 Å². The molecule has 3 heterocycles. The van der Waals surface area contributed by atoms with Crippen LogP contribution in [0.15, 0.2) is 77.5 Å². The van der Waals surface area contributed by atoms with E-state index in [0.717, 1.165) is 41.2 Å². The predicted octanol–water partition coefficient (Wildman–Crippen LogP) is 6.07. The molecule has 156 valence electrons. The van der Waals surface area contributed by atoms with E-state index in [9.17, 15) is 4.79 Å². The standard InChI is InChI=1S/C25H23N3O2S/c29-24(19-12-8-16-30-19)28-25-22(18-11-4-5-13-20(18)31-25)23(17-9-2-1-3-10-17)27-21-14-6-7-15-26-21/h1-3,6-10,12,14-16,23H,4-5,11,13H2,(H,26,27)(H,28,29)/t23-/m1/s1. The number of hydrogen-bond acceptors (Lipinski definition) is 5. The van der Waals surface area contributed by atoms with E-state index in [-0.39, 0.29) is 11.9 Å². The first-order chi connectivity index (χ1) is 15.3. The Bertz CT molecular complexity index is 1150. The smallest absolute Gasteiger partial charge is 0.291 e. The maximum absolute atomic E-state index is 12.8. The second kappa shape index (κ2) is 8.78. The number of benzene rings is 1. The zero-order chi connectivity index (χ0) is 21.0. The van der Waals surface area contributed by atoms with Gasteiger partial charge >= 0.3 is 0 Å². The third-order valence-electron chi connectivity index (χ3n) is 5.56. The Labute approximate surface area is 185 Å². The van der Waals surface area contributed by atoms with E-state index in [2.05, 4.69) is 27.8 Å². The second-order valence-electron chi connectivity index (χ2n) is 7.59. The van der Waals surface area contributed by atoms with E-state index in [1.807, 2.05) is 36.4 Å². The van der Waals surface area contributed by atoms with Gasteiger partial charge in [-0.25, -0.2) is 4.98 Å². The van der Waals surface area contributed by atoms with Gasteiger partial charge in [-0.3, -0.25) is 4.79 Å². The molecule has 0 radical (unpaired) electrons. The van der Waals surface area contributed by atoms with Crippen LogP contribution in [0.25, 0.3) is 0 Å². The Hall–Kier alpha value is -3.38. The quantitative estimate of drug-likeness (QED) is 0.390. The summed E-state index contributed by atoms with van der Waals surface area (Å²) >= 11 is 1.69. The largest absolute Gasteiger partial charge is 0.459 e. The summed E-state index contributed by atoms with van der Waals surface area (Å²) in [6.07, 6.45) is 7.72. The van der Waals surface area contributed by atoms with Crippen LogP contribution in [0.4, 0.5) is 10.8 Å². The highest BCUT2D eigenvalue weighted by atomic mass is 32.1. The molecule has 0 fully saturated rings. The summed E-state index contributed by atoms with van der Waals surface area (Å²) < 4.78 is 5.32. The highest BCUT2D eigenvalue weighted by Crippen LogP contribution is 2.44. The molecule has 0 spiro atoms. The number of anilines is 2. The number of aryl methyl sites for hydroxylation is 1. The third kappa shape index (κ3) is 4.11. The zero-order valence-electron chi connectivity index (χ0n) is 17.0. The van der Waals surface area contributed by atoms with Crippen LogP contribution in [-0.4, -0.2) is 10.9 Å². The van der Waals surface area contributed by atoms with Crippen molar-refractivity contribution in [2.45, 2.75) is 31.7 Å². The lowest BCUT2D eigenvalue weighted by molar-refractivity contribution is 0.0997. The van der Waals surface area contributed by atoms with E-state index in [1.165, 1.54) is 23.1 Å². The molecule has 31 heavy (non-hydrogen) atoms. The number of fused-ring (bicyclic) bond motifs is 1. The number of carbonyl (C=O) groups excluding carboxylic acids is 1. The number of carbonyl (C=O) groups is 1. The van der Waals surface area contributed by atoms with Crippen molar-refractivity contribution < 1.29 is 9.21 Å². The molecule has 1 aromatic carbocycles. The van der Waals surface area contributed by atoms with Gasteiger partial charge in [-0.2, -0.15) is 0 Å². The minimum Gasteiger partial charge on any atom is -0.459 e. The summed E-state index contributed by atoms with van der Waals surface area (Å²) in [6, 6.07) is 19.5. The van der Waals surface area contributed by atoms with E-state index in [0.29, 0.717) is 5.76 Å². The molecule has 0 unspecified atom stereocenters. The highest BCUT2D eigenvalue weighted by Gasteiger charge is 2.29. The van der Waals surface area contributed by atoms with Crippen molar-refractivity contribution in [3.63, 3.8) is 0 Å². The number of rotatable bonds is 6. The molecule has 5 nitrogen and oxygen atoms in total. The fraction of sp³-hybridized carbons (Fsp3) is 0.200. The predicted molar refractivity (Wildman–Crippen MR) is 124 cm³/mol. The Morgan fingerprint density at radius 3 is 2.61 bits per heavy atom. The van der Waals surface area contributed by atoms with Gasteiger partial charge in [0.2, 0.25) is 0 Å². The topological polar surface area (TPSA) is 67.2 Å². The fourth-order valence-electron chi connectivity index (χ4n) is 4.12. The van der Waals surface area contributed by atoms with E-state index >= 15 is 0 Å². The minimum atomic E-state index is -0.227. The van der Waals surface area contributed by atoms with Gasteiger partial charge < -0.3 is 15.1 Å². The van der Waals surface area contributed by atoms with E-state index < -0.39 is 0 Å². The average molecular weight is 430 g/mol. The SMILES string of the molecule is O=C(Nc1sc2c(c1[C@H](Nc1ccccn1)c1ccccc1)CCCC2)c1ccco1. The Kier molecular flexibility index (Phi) is 5.54. The molecule has 3 aromatic heterocycles. The molecule has 1 atom stereocenters. The number of nitrogens with zero attached hydrogens (tertiary/aromatic N) is 1. The minimum absolute atomic E-state index is 0.124. The van der Waals surface area contributed by atoms with Crippen molar-refractivity contribution in [3.8, 4) is 0 Å². The summed E-state index contributed by atoms with van der Waals surface area (Å²) in [5.41, 5.74) is 3.62.